The number of rotatable bonds is 1. The molecule has 3 heteroatoms. The van der Waals surface area contributed by atoms with Crippen LogP contribution in [0.5, 0.6) is 0 Å². The van der Waals surface area contributed by atoms with Crippen molar-refractivity contribution in [2.24, 2.45) is 5.92 Å². The van der Waals surface area contributed by atoms with Gasteiger partial charge >= 0.3 is 6.09 Å². The molecule has 1 aliphatic rings. The maximum Gasteiger partial charge on any atom is 0.409 e. The minimum Gasteiger partial charge on any atom is -0.453 e. The third kappa shape index (κ3) is 2.47. The van der Waals surface area contributed by atoms with Gasteiger partial charge in [0.1, 0.15) is 0 Å². The minimum absolute atomic E-state index is 0.216. The first-order valence-corrected chi connectivity index (χ1v) is 4.67. The Bertz CT molecular complexity index is 221. The minimum atomic E-state index is -0.216. The third-order valence-corrected chi connectivity index (χ3v) is 2.35. The van der Waals surface area contributed by atoms with Crippen LogP contribution in [-0.4, -0.2) is 31.2 Å². The molecular weight excluding hydrogens is 166 g/mol. The fourth-order valence-corrected chi connectivity index (χ4v) is 1.47. The van der Waals surface area contributed by atoms with Gasteiger partial charge in [-0.25, -0.2) is 4.79 Å². The number of methoxy groups -OCH3 is 1. The molecule has 3 nitrogen and oxygen atoms in total. The van der Waals surface area contributed by atoms with Crippen molar-refractivity contribution in [2.75, 3.05) is 20.2 Å². The summed E-state index contributed by atoms with van der Waals surface area (Å²) in [5, 5.41) is 0. The highest BCUT2D eigenvalue weighted by atomic mass is 16.5. The standard InChI is InChI=1S/C10H17NO2/c1-8(2)9-5-4-6-11(7-9)10(12)13-3/h5,8H,4,6-7H2,1-3H3. The zero-order valence-corrected chi connectivity index (χ0v) is 8.54. The molecule has 0 atom stereocenters. The smallest absolute Gasteiger partial charge is 0.409 e. The van der Waals surface area contributed by atoms with Crippen LogP contribution in [0, 0.1) is 5.92 Å². The number of hydrogen-bond donors (Lipinski definition) is 0. The van der Waals surface area contributed by atoms with Crippen LogP contribution < -0.4 is 0 Å². The first-order valence-electron chi connectivity index (χ1n) is 4.67. The predicted molar refractivity (Wildman–Crippen MR) is 51.5 cm³/mol. The molecule has 0 aromatic rings. The van der Waals surface area contributed by atoms with Crippen LogP contribution >= 0.6 is 0 Å². The molecule has 0 aromatic heterocycles. The molecule has 0 aromatic carbocycles. The van der Waals surface area contributed by atoms with Crippen molar-refractivity contribution in [1.29, 1.82) is 0 Å². The molecule has 0 N–H and O–H groups in total. The lowest BCUT2D eigenvalue weighted by atomic mass is 9.99. The normalized spacial score (nSPS) is 17.2. The number of carbonyl (C=O) groups excluding carboxylic acids is 1. The van der Waals surface area contributed by atoms with E-state index in [1.807, 2.05) is 0 Å². The molecule has 0 fully saturated rings. The Morgan fingerprint density at radius 1 is 1.62 bits per heavy atom. The first-order chi connectivity index (χ1) is 6.15. The summed E-state index contributed by atoms with van der Waals surface area (Å²) in [5.41, 5.74) is 1.33. The summed E-state index contributed by atoms with van der Waals surface area (Å²) < 4.78 is 4.68. The summed E-state index contributed by atoms with van der Waals surface area (Å²) in [7, 11) is 1.43. The van der Waals surface area contributed by atoms with Gasteiger partial charge < -0.3 is 9.64 Å². The van der Waals surface area contributed by atoms with Crippen molar-refractivity contribution in [2.45, 2.75) is 20.3 Å². The largest absolute Gasteiger partial charge is 0.453 e. The van der Waals surface area contributed by atoms with Crippen molar-refractivity contribution in [3.05, 3.63) is 11.6 Å². The molecule has 0 radical (unpaired) electrons. The van der Waals surface area contributed by atoms with E-state index in [1.54, 1.807) is 4.90 Å². The van der Waals surface area contributed by atoms with E-state index in [0.29, 0.717) is 5.92 Å². The summed E-state index contributed by atoms with van der Waals surface area (Å²) in [5.74, 6) is 0.521. The highest BCUT2D eigenvalue weighted by molar-refractivity contribution is 5.68. The number of carbonyl (C=O) groups is 1. The van der Waals surface area contributed by atoms with Gasteiger partial charge in [0.15, 0.2) is 0 Å². The molecule has 0 spiro atoms. The van der Waals surface area contributed by atoms with Crippen molar-refractivity contribution in [3.63, 3.8) is 0 Å². The summed E-state index contributed by atoms with van der Waals surface area (Å²) in [6, 6.07) is 0. The molecule has 1 heterocycles. The van der Waals surface area contributed by atoms with E-state index in [0.717, 1.165) is 19.5 Å². The van der Waals surface area contributed by atoms with Crippen LogP contribution in [0.3, 0.4) is 0 Å². The average molecular weight is 183 g/mol. The van der Waals surface area contributed by atoms with E-state index >= 15 is 0 Å². The Kier molecular flexibility index (Phi) is 3.34. The van der Waals surface area contributed by atoms with Gasteiger partial charge in [-0.1, -0.05) is 25.5 Å². The van der Waals surface area contributed by atoms with Gasteiger partial charge in [0.2, 0.25) is 0 Å². The van der Waals surface area contributed by atoms with Crippen LogP contribution in [-0.2, 0) is 4.74 Å². The average Bonchev–Trinajstić information content (AvgIpc) is 2.17. The lowest BCUT2D eigenvalue weighted by molar-refractivity contribution is 0.125. The van der Waals surface area contributed by atoms with Crippen LogP contribution in [0.25, 0.3) is 0 Å². The van der Waals surface area contributed by atoms with Gasteiger partial charge in [0, 0.05) is 13.1 Å². The first kappa shape index (κ1) is 10.1. The van der Waals surface area contributed by atoms with E-state index in [-0.39, 0.29) is 6.09 Å². The number of hydrogen-bond acceptors (Lipinski definition) is 2. The molecule has 0 aliphatic carbocycles. The second-order valence-electron chi connectivity index (χ2n) is 3.61. The van der Waals surface area contributed by atoms with Gasteiger partial charge in [-0.15, -0.1) is 0 Å². The summed E-state index contributed by atoms with van der Waals surface area (Å²) in [4.78, 5) is 13.0. The summed E-state index contributed by atoms with van der Waals surface area (Å²) in [6.45, 7) is 5.80. The second kappa shape index (κ2) is 4.30. The van der Waals surface area contributed by atoms with Gasteiger partial charge in [0.05, 0.1) is 7.11 Å². The van der Waals surface area contributed by atoms with Crippen LogP contribution in [0.15, 0.2) is 11.6 Å². The Morgan fingerprint density at radius 2 is 2.31 bits per heavy atom. The fourth-order valence-electron chi connectivity index (χ4n) is 1.47. The monoisotopic (exact) mass is 183 g/mol. The van der Waals surface area contributed by atoms with Crippen LogP contribution in [0.2, 0.25) is 0 Å². The Hall–Kier alpha value is -0.990. The van der Waals surface area contributed by atoms with Crippen molar-refractivity contribution in [1.82, 2.24) is 4.90 Å². The molecule has 1 rings (SSSR count). The number of nitrogens with zero attached hydrogens (tertiary/aromatic N) is 1. The maximum absolute atomic E-state index is 11.2. The van der Waals surface area contributed by atoms with E-state index in [4.69, 9.17) is 0 Å². The molecule has 1 amide bonds. The Morgan fingerprint density at radius 3 is 2.85 bits per heavy atom. The molecule has 0 bridgehead atoms. The third-order valence-electron chi connectivity index (χ3n) is 2.35. The van der Waals surface area contributed by atoms with Gasteiger partial charge in [-0.2, -0.15) is 0 Å². The molecule has 74 valence electrons. The second-order valence-corrected chi connectivity index (χ2v) is 3.61. The highest BCUT2D eigenvalue weighted by Gasteiger charge is 2.19. The topological polar surface area (TPSA) is 29.5 Å². The molecule has 0 unspecified atom stereocenters. The molecule has 0 saturated carbocycles. The Labute approximate surface area is 79.4 Å². The van der Waals surface area contributed by atoms with E-state index < -0.39 is 0 Å². The number of amides is 1. The number of ether oxygens (including phenoxy) is 1. The van der Waals surface area contributed by atoms with Crippen LogP contribution in [0.1, 0.15) is 20.3 Å². The zero-order chi connectivity index (χ0) is 9.84. The highest BCUT2D eigenvalue weighted by Crippen LogP contribution is 2.17. The lowest BCUT2D eigenvalue weighted by Crippen LogP contribution is -2.36. The van der Waals surface area contributed by atoms with Crippen molar-refractivity contribution >= 4 is 6.09 Å². The van der Waals surface area contributed by atoms with E-state index in [1.165, 1.54) is 12.7 Å². The lowest BCUT2D eigenvalue weighted by Gasteiger charge is -2.27. The summed E-state index contributed by atoms with van der Waals surface area (Å²) in [6.07, 6.45) is 2.96. The van der Waals surface area contributed by atoms with Gasteiger partial charge in [-0.05, 0) is 12.3 Å². The van der Waals surface area contributed by atoms with Gasteiger partial charge in [-0.3, -0.25) is 0 Å². The molecule has 1 aliphatic heterocycles. The SMILES string of the molecule is COC(=O)N1CCC=C(C(C)C)C1. The maximum atomic E-state index is 11.2. The van der Waals surface area contributed by atoms with Crippen molar-refractivity contribution < 1.29 is 9.53 Å². The summed E-state index contributed by atoms with van der Waals surface area (Å²) >= 11 is 0. The van der Waals surface area contributed by atoms with E-state index in [2.05, 4.69) is 24.7 Å². The molecular formula is C10H17NO2. The van der Waals surface area contributed by atoms with E-state index in [9.17, 15) is 4.79 Å². The fraction of sp³-hybridized carbons (Fsp3) is 0.700. The Balaban J connectivity index is 2.57. The van der Waals surface area contributed by atoms with Gasteiger partial charge in [0.25, 0.3) is 0 Å². The molecule has 13 heavy (non-hydrogen) atoms. The predicted octanol–water partition coefficient (Wildman–Crippen LogP) is 2.04. The van der Waals surface area contributed by atoms with Crippen molar-refractivity contribution in [3.8, 4) is 0 Å². The zero-order valence-electron chi connectivity index (χ0n) is 8.54. The molecule has 0 saturated heterocycles. The van der Waals surface area contributed by atoms with Crippen LogP contribution in [0.4, 0.5) is 4.79 Å². The quantitative estimate of drug-likeness (QED) is 0.582.